The zero-order valence-corrected chi connectivity index (χ0v) is 11.1. The Morgan fingerprint density at radius 1 is 1.47 bits per heavy atom. The van der Waals surface area contributed by atoms with E-state index >= 15 is 0 Å². The van der Waals surface area contributed by atoms with Crippen molar-refractivity contribution in [1.29, 1.82) is 0 Å². The number of amides is 1. The molecule has 96 valence electrons. The smallest absolute Gasteiger partial charge is 0.240 e. The first-order valence-electron chi connectivity index (χ1n) is 5.55. The first-order valence-corrected chi connectivity index (χ1v) is 5.55. The number of rotatable bonds is 4. The highest BCUT2D eigenvalue weighted by atomic mass is 16.5. The van der Waals surface area contributed by atoms with E-state index in [1.165, 1.54) is 0 Å². The van der Waals surface area contributed by atoms with Crippen LogP contribution in [0.25, 0.3) is 0 Å². The van der Waals surface area contributed by atoms with E-state index in [1.54, 1.807) is 6.92 Å². The third kappa shape index (κ3) is 5.44. The van der Waals surface area contributed by atoms with Crippen LogP contribution in [0, 0.1) is 6.92 Å². The van der Waals surface area contributed by atoms with Crippen LogP contribution in [0.3, 0.4) is 0 Å². The molecule has 0 saturated carbocycles. The number of aromatic nitrogens is 2. The van der Waals surface area contributed by atoms with Crippen LogP contribution in [0.1, 0.15) is 32.5 Å². The molecule has 1 amide bonds. The van der Waals surface area contributed by atoms with Crippen molar-refractivity contribution >= 4 is 5.91 Å². The topological polar surface area (TPSA) is 71.3 Å². The summed E-state index contributed by atoms with van der Waals surface area (Å²) >= 11 is 0. The summed E-state index contributed by atoms with van der Waals surface area (Å²) in [5.41, 5.74) is -0.209. The summed E-state index contributed by atoms with van der Waals surface area (Å²) in [6.45, 7) is 8.39. The lowest BCUT2D eigenvalue weighted by Gasteiger charge is -2.22. The first-order chi connectivity index (χ1) is 7.76. The standard InChI is InChI=1S/C11H20N4O2/c1-8-12-10(17-14-8)7-15(5)6-9(16)13-11(2,3)4/h6-7H2,1-5H3,(H,13,16). The van der Waals surface area contributed by atoms with Crippen LogP contribution >= 0.6 is 0 Å². The lowest BCUT2D eigenvalue weighted by molar-refractivity contribution is -0.123. The quantitative estimate of drug-likeness (QED) is 0.839. The van der Waals surface area contributed by atoms with Crippen molar-refractivity contribution in [1.82, 2.24) is 20.4 Å². The molecule has 1 heterocycles. The number of hydrogen-bond acceptors (Lipinski definition) is 5. The van der Waals surface area contributed by atoms with Crippen LogP contribution in [-0.4, -0.2) is 40.1 Å². The van der Waals surface area contributed by atoms with Gasteiger partial charge in [-0.1, -0.05) is 5.16 Å². The molecule has 6 heteroatoms. The molecule has 0 radical (unpaired) electrons. The van der Waals surface area contributed by atoms with Gasteiger partial charge < -0.3 is 9.84 Å². The van der Waals surface area contributed by atoms with Crippen LogP contribution in [0.2, 0.25) is 0 Å². The molecule has 0 aliphatic rings. The second-order valence-corrected chi connectivity index (χ2v) is 5.21. The molecule has 0 atom stereocenters. The lowest BCUT2D eigenvalue weighted by Crippen LogP contribution is -2.45. The Morgan fingerprint density at radius 3 is 2.59 bits per heavy atom. The molecule has 0 aliphatic heterocycles. The van der Waals surface area contributed by atoms with E-state index < -0.39 is 0 Å². The normalized spacial score (nSPS) is 11.9. The first kappa shape index (κ1) is 13.6. The summed E-state index contributed by atoms with van der Waals surface area (Å²) in [6, 6.07) is 0. The van der Waals surface area contributed by atoms with E-state index in [9.17, 15) is 4.79 Å². The highest BCUT2D eigenvalue weighted by Crippen LogP contribution is 2.01. The van der Waals surface area contributed by atoms with E-state index in [0.29, 0.717) is 24.8 Å². The summed E-state index contributed by atoms with van der Waals surface area (Å²) < 4.78 is 4.98. The number of carbonyl (C=O) groups is 1. The number of aryl methyl sites for hydroxylation is 1. The van der Waals surface area contributed by atoms with Gasteiger partial charge in [0.15, 0.2) is 5.82 Å². The molecule has 0 fully saturated rings. The van der Waals surface area contributed by atoms with Gasteiger partial charge >= 0.3 is 0 Å². The van der Waals surface area contributed by atoms with Crippen molar-refractivity contribution < 1.29 is 9.32 Å². The van der Waals surface area contributed by atoms with Crippen LogP contribution in [0.15, 0.2) is 4.52 Å². The minimum atomic E-state index is -0.209. The fraction of sp³-hybridized carbons (Fsp3) is 0.727. The SMILES string of the molecule is Cc1noc(CN(C)CC(=O)NC(C)(C)C)n1. The average molecular weight is 240 g/mol. The zero-order valence-electron chi connectivity index (χ0n) is 11.1. The van der Waals surface area contributed by atoms with Gasteiger partial charge in [0.25, 0.3) is 0 Å². The molecule has 0 aromatic carbocycles. The maximum atomic E-state index is 11.6. The second-order valence-electron chi connectivity index (χ2n) is 5.21. The Morgan fingerprint density at radius 2 is 2.12 bits per heavy atom. The monoisotopic (exact) mass is 240 g/mol. The maximum absolute atomic E-state index is 11.6. The number of nitrogens with zero attached hydrogens (tertiary/aromatic N) is 3. The fourth-order valence-corrected chi connectivity index (χ4v) is 1.39. The number of likely N-dealkylation sites (N-methyl/N-ethyl adjacent to an activating group) is 1. The molecular weight excluding hydrogens is 220 g/mol. The third-order valence-electron chi connectivity index (χ3n) is 1.90. The average Bonchev–Trinajstić information content (AvgIpc) is 2.46. The van der Waals surface area contributed by atoms with Crippen molar-refractivity contribution in [3.05, 3.63) is 11.7 Å². The van der Waals surface area contributed by atoms with Crippen molar-refractivity contribution in [3.8, 4) is 0 Å². The summed E-state index contributed by atoms with van der Waals surface area (Å²) in [4.78, 5) is 17.6. The van der Waals surface area contributed by atoms with Gasteiger partial charge in [-0.25, -0.2) is 0 Å². The number of nitrogens with one attached hydrogen (secondary N) is 1. The van der Waals surface area contributed by atoms with Gasteiger partial charge in [-0.05, 0) is 34.7 Å². The molecule has 0 unspecified atom stereocenters. The molecule has 0 saturated heterocycles. The van der Waals surface area contributed by atoms with Crippen LogP contribution in [0.5, 0.6) is 0 Å². The van der Waals surface area contributed by atoms with Crippen LogP contribution in [0.4, 0.5) is 0 Å². The van der Waals surface area contributed by atoms with Crippen LogP contribution in [-0.2, 0) is 11.3 Å². The lowest BCUT2D eigenvalue weighted by atomic mass is 10.1. The minimum Gasteiger partial charge on any atom is -0.350 e. The van der Waals surface area contributed by atoms with Crippen LogP contribution < -0.4 is 5.32 Å². The number of carbonyl (C=O) groups excluding carboxylic acids is 1. The predicted octanol–water partition coefficient (Wildman–Crippen LogP) is 0.725. The minimum absolute atomic E-state index is 0.0174. The summed E-state index contributed by atoms with van der Waals surface area (Å²) in [5.74, 6) is 1.11. The van der Waals surface area contributed by atoms with Gasteiger partial charge in [0.2, 0.25) is 11.8 Å². The maximum Gasteiger partial charge on any atom is 0.240 e. The van der Waals surface area contributed by atoms with Gasteiger partial charge in [-0.15, -0.1) is 0 Å². The molecule has 17 heavy (non-hydrogen) atoms. The molecule has 1 N–H and O–H groups in total. The van der Waals surface area contributed by atoms with E-state index in [4.69, 9.17) is 4.52 Å². The highest BCUT2D eigenvalue weighted by Gasteiger charge is 2.16. The summed E-state index contributed by atoms with van der Waals surface area (Å²) in [5, 5.41) is 6.59. The second kappa shape index (κ2) is 5.27. The van der Waals surface area contributed by atoms with E-state index in [0.717, 1.165) is 0 Å². The molecule has 1 aromatic heterocycles. The highest BCUT2D eigenvalue weighted by molar-refractivity contribution is 5.78. The van der Waals surface area contributed by atoms with E-state index in [1.807, 2.05) is 32.7 Å². The Balaban J connectivity index is 2.39. The summed E-state index contributed by atoms with van der Waals surface area (Å²) in [7, 11) is 1.84. The molecule has 1 rings (SSSR count). The Hall–Kier alpha value is -1.43. The molecule has 1 aromatic rings. The van der Waals surface area contributed by atoms with E-state index in [-0.39, 0.29) is 11.4 Å². The van der Waals surface area contributed by atoms with E-state index in [2.05, 4.69) is 15.5 Å². The van der Waals surface area contributed by atoms with Gasteiger partial charge in [0.05, 0.1) is 13.1 Å². The Bertz CT molecular complexity index is 381. The Labute approximate surface area is 101 Å². The van der Waals surface area contributed by atoms with Crippen molar-refractivity contribution in [2.24, 2.45) is 0 Å². The van der Waals surface area contributed by atoms with Gasteiger partial charge in [-0.3, -0.25) is 9.69 Å². The molecule has 6 nitrogen and oxygen atoms in total. The largest absolute Gasteiger partial charge is 0.350 e. The predicted molar refractivity (Wildman–Crippen MR) is 63.3 cm³/mol. The number of hydrogen-bond donors (Lipinski definition) is 1. The molecular formula is C11H20N4O2. The fourth-order valence-electron chi connectivity index (χ4n) is 1.39. The molecule has 0 bridgehead atoms. The molecule has 0 aliphatic carbocycles. The summed E-state index contributed by atoms with van der Waals surface area (Å²) in [6.07, 6.45) is 0. The van der Waals surface area contributed by atoms with Gasteiger partial charge in [0, 0.05) is 5.54 Å². The third-order valence-corrected chi connectivity index (χ3v) is 1.90. The van der Waals surface area contributed by atoms with Crippen molar-refractivity contribution in [2.45, 2.75) is 39.8 Å². The van der Waals surface area contributed by atoms with Crippen molar-refractivity contribution in [2.75, 3.05) is 13.6 Å². The zero-order chi connectivity index (χ0) is 13.1. The van der Waals surface area contributed by atoms with Crippen molar-refractivity contribution in [3.63, 3.8) is 0 Å². The Kier molecular flexibility index (Phi) is 4.22. The molecule has 0 spiro atoms. The van der Waals surface area contributed by atoms with Gasteiger partial charge in [0.1, 0.15) is 0 Å². The van der Waals surface area contributed by atoms with Gasteiger partial charge in [-0.2, -0.15) is 4.98 Å².